The molecule has 0 aliphatic rings. The summed E-state index contributed by atoms with van der Waals surface area (Å²) in [6.45, 7) is 3.15. The van der Waals surface area contributed by atoms with Crippen molar-refractivity contribution in [2.24, 2.45) is 0 Å². The van der Waals surface area contributed by atoms with Crippen LogP contribution in [0.3, 0.4) is 0 Å². The molecule has 0 aliphatic carbocycles. The van der Waals surface area contributed by atoms with Gasteiger partial charge >= 0.3 is 0 Å². The van der Waals surface area contributed by atoms with Crippen molar-refractivity contribution in [3.8, 4) is 0 Å². The molecule has 0 spiro atoms. The van der Waals surface area contributed by atoms with E-state index in [4.69, 9.17) is 10.5 Å². The van der Waals surface area contributed by atoms with Crippen LogP contribution in [0.4, 0.5) is 5.82 Å². The highest BCUT2D eigenvalue weighted by Crippen LogP contribution is 2.25. The Bertz CT molecular complexity index is 817. The maximum atomic E-state index is 6.19. The Hall–Kier alpha value is -1.67. The number of unbranched alkanes of at least 4 members (excludes halogenated alkanes) is 1. The Morgan fingerprint density at radius 3 is 2.75 bits per heavy atom. The lowest BCUT2D eigenvalue weighted by Crippen LogP contribution is -2.06. The van der Waals surface area contributed by atoms with E-state index in [1.807, 2.05) is 29.0 Å². The smallest absolute Gasteiger partial charge is 0.151 e. The molecule has 5 nitrogen and oxygen atoms in total. The van der Waals surface area contributed by atoms with Gasteiger partial charge in [-0.1, -0.05) is 43.7 Å². The fourth-order valence-electron chi connectivity index (χ4n) is 2.62. The van der Waals surface area contributed by atoms with Crippen LogP contribution < -0.4 is 5.73 Å². The first-order valence-electron chi connectivity index (χ1n) is 8.11. The standard InChI is InChI=1S/C18H21IN4O/c1-2-3-9-15-21-16-14(19)10-23(17(16)18(20)22-15)12-24-11-13-7-5-4-6-8-13/h4-8,10H,2-3,9,11-12H2,1H3,(H2,20,21,22). The molecular weight excluding hydrogens is 415 g/mol. The van der Waals surface area contributed by atoms with E-state index < -0.39 is 0 Å². The number of nitrogen functional groups attached to an aromatic ring is 1. The number of nitrogens with two attached hydrogens (primary N) is 1. The van der Waals surface area contributed by atoms with Gasteiger partial charge in [-0.2, -0.15) is 0 Å². The maximum Gasteiger partial charge on any atom is 0.151 e. The summed E-state index contributed by atoms with van der Waals surface area (Å²) in [5.74, 6) is 1.35. The summed E-state index contributed by atoms with van der Waals surface area (Å²) in [5.41, 5.74) is 9.11. The van der Waals surface area contributed by atoms with Crippen LogP contribution in [0.15, 0.2) is 36.5 Å². The summed E-state index contributed by atoms with van der Waals surface area (Å²) in [6, 6.07) is 10.1. The predicted octanol–water partition coefficient (Wildman–Crippen LogP) is 4.14. The second-order valence-corrected chi connectivity index (χ2v) is 6.90. The van der Waals surface area contributed by atoms with Crippen molar-refractivity contribution in [1.29, 1.82) is 0 Å². The Kier molecular flexibility index (Phi) is 5.68. The van der Waals surface area contributed by atoms with E-state index in [1.54, 1.807) is 0 Å². The van der Waals surface area contributed by atoms with Crippen molar-refractivity contribution in [3.63, 3.8) is 0 Å². The third kappa shape index (κ3) is 3.87. The number of aryl methyl sites for hydroxylation is 1. The Balaban J connectivity index is 1.78. The zero-order valence-electron chi connectivity index (χ0n) is 13.7. The Labute approximate surface area is 155 Å². The second kappa shape index (κ2) is 7.94. The summed E-state index contributed by atoms with van der Waals surface area (Å²) in [7, 11) is 0. The van der Waals surface area contributed by atoms with Crippen LogP contribution in [0.25, 0.3) is 11.0 Å². The van der Waals surface area contributed by atoms with Crippen LogP contribution in [0.2, 0.25) is 0 Å². The van der Waals surface area contributed by atoms with Crippen LogP contribution in [0.5, 0.6) is 0 Å². The number of nitrogens with zero attached hydrogens (tertiary/aromatic N) is 3. The van der Waals surface area contributed by atoms with Gasteiger partial charge in [-0.3, -0.25) is 0 Å². The monoisotopic (exact) mass is 436 g/mol. The summed E-state index contributed by atoms with van der Waals surface area (Å²) in [6.07, 6.45) is 5.07. The summed E-state index contributed by atoms with van der Waals surface area (Å²) in [4.78, 5) is 9.15. The van der Waals surface area contributed by atoms with E-state index >= 15 is 0 Å². The molecule has 2 N–H and O–H groups in total. The largest absolute Gasteiger partial charge is 0.382 e. The fraction of sp³-hybridized carbons (Fsp3) is 0.333. The predicted molar refractivity (Wildman–Crippen MR) is 105 cm³/mol. The molecule has 126 valence electrons. The maximum absolute atomic E-state index is 6.19. The van der Waals surface area contributed by atoms with Crippen molar-refractivity contribution in [2.75, 3.05) is 5.73 Å². The second-order valence-electron chi connectivity index (χ2n) is 5.74. The van der Waals surface area contributed by atoms with Gasteiger partial charge in [0, 0.05) is 12.6 Å². The number of hydrogen-bond donors (Lipinski definition) is 1. The van der Waals surface area contributed by atoms with Crippen molar-refractivity contribution in [1.82, 2.24) is 14.5 Å². The minimum Gasteiger partial charge on any atom is -0.382 e. The number of ether oxygens (including phenoxy) is 1. The molecular formula is C18H21IN4O. The van der Waals surface area contributed by atoms with Gasteiger partial charge in [-0.05, 0) is 34.6 Å². The van der Waals surface area contributed by atoms with Crippen molar-refractivity contribution in [3.05, 3.63) is 51.5 Å². The minimum atomic E-state index is 0.427. The molecule has 0 saturated carbocycles. The van der Waals surface area contributed by atoms with Gasteiger partial charge in [0.25, 0.3) is 0 Å². The average Bonchev–Trinajstić information content (AvgIpc) is 2.90. The zero-order chi connectivity index (χ0) is 16.9. The minimum absolute atomic E-state index is 0.427. The van der Waals surface area contributed by atoms with Crippen LogP contribution in [0.1, 0.15) is 31.2 Å². The highest BCUT2D eigenvalue weighted by Gasteiger charge is 2.14. The lowest BCUT2D eigenvalue weighted by Gasteiger charge is -2.09. The number of hydrogen-bond acceptors (Lipinski definition) is 4. The van der Waals surface area contributed by atoms with E-state index in [0.29, 0.717) is 19.2 Å². The van der Waals surface area contributed by atoms with Crippen LogP contribution >= 0.6 is 22.6 Å². The van der Waals surface area contributed by atoms with E-state index in [-0.39, 0.29) is 0 Å². The number of halogens is 1. The molecule has 3 aromatic rings. The first kappa shape index (κ1) is 17.2. The number of benzene rings is 1. The third-order valence-electron chi connectivity index (χ3n) is 3.84. The summed E-state index contributed by atoms with van der Waals surface area (Å²) >= 11 is 2.29. The van der Waals surface area contributed by atoms with E-state index in [1.165, 1.54) is 0 Å². The molecule has 0 fully saturated rings. The third-order valence-corrected chi connectivity index (χ3v) is 4.63. The number of rotatable bonds is 7. The lowest BCUT2D eigenvalue weighted by molar-refractivity contribution is 0.0667. The van der Waals surface area contributed by atoms with Gasteiger partial charge in [-0.25, -0.2) is 9.97 Å². The molecule has 0 atom stereocenters. The van der Waals surface area contributed by atoms with Gasteiger partial charge in [0.05, 0.1) is 10.2 Å². The molecule has 6 heteroatoms. The molecule has 0 bridgehead atoms. The molecule has 0 unspecified atom stereocenters. The van der Waals surface area contributed by atoms with Gasteiger partial charge < -0.3 is 15.0 Å². The molecule has 24 heavy (non-hydrogen) atoms. The molecule has 0 aliphatic heterocycles. The van der Waals surface area contributed by atoms with E-state index in [9.17, 15) is 0 Å². The molecule has 0 radical (unpaired) electrons. The first-order chi connectivity index (χ1) is 11.7. The topological polar surface area (TPSA) is 66.0 Å². The quantitative estimate of drug-likeness (QED) is 0.566. The molecule has 2 heterocycles. The van der Waals surface area contributed by atoms with E-state index in [0.717, 1.165) is 45.3 Å². The van der Waals surface area contributed by atoms with Crippen LogP contribution in [-0.2, 0) is 24.5 Å². The normalized spacial score (nSPS) is 11.2. The van der Waals surface area contributed by atoms with Gasteiger partial charge in [-0.15, -0.1) is 0 Å². The van der Waals surface area contributed by atoms with Gasteiger partial charge in [0.1, 0.15) is 23.6 Å². The van der Waals surface area contributed by atoms with Crippen LogP contribution in [-0.4, -0.2) is 14.5 Å². The van der Waals surface area contributed by atoms with Crippen molar-refractivity contribution >= 4 is 39.4 Å². The highest BCUT2D eigenvalue weighted by atomic mass is 127. The van der Waals surface area contributed by atoms with Gasteiger partial charge in [0.2, 0.25) is 0 Å². The summed E-state index contributed by atoms with van der Waals surface area (Å²) in [5, 5.41) is 0. The highest BCUT2D eigenvalue weighted by molar-refractivity contribution is 14.1. The van der Waals surface area contributed by atoms with Crippen LogP contribution in [0, 0.1) is 3.57 Å². The Morgan fingerprint density at radius 2 is 2.00 bits per heavy atom. The molecule has 2 aromatic heterocycles. The average molecular weight is 436 g/mol. The number of fused-ring (bicyclic) bond motifs is 1. The van der Waals surface area contributed by atoms with Gasteiger partial charge in [0.15, 0.2) is 5.82 Å². The Morgan fingerprint density at radius 1 is 1.21 bits per heavy atom. The number of anilines is 1. The molecule has 3 rings (SSSR count). The molecule has 0 saturated heterocycles. The lowest BCUT2D eigenvalue weighted by atomic mass is 10.2. The molecule has 0 amide bonds. The number of aromatic nitrogens is 3. The van der Waals surface area contributed by atoms with Crippen molar-refractivity contribution in [2.45, 2.75) is 39.5 Å². The SMILES string of the molecule is CCCCc1nc(N)c2c(n1)c(I)cn2COCc1ccccc1. The molecule has 1 aromatic carbocycles. The van der Waals surface area contributed by atoms with Crippen molar-refractivity contribution < 1.29 is 4.74 Å². The van der Waals surface area contributed by atoms with E-state index in [2.05, 4.69) is 51.6 Å². The summed E-state index contributed by atoms with van der Waals surface area (Å²) < 4.78 is 8.88. The first-order valence-corrected chi connectivity index (χ1v) is 9.19. The fourth-order valence-corrected chi connectivity index (χ4v) is 3.33. The zero-order valence-corrected chi connectivity index (χ0v) is 15.9.